The molecule has 0 bridgehead atoms. The molecule has 2 heterocycles. The molecule has 1 fully saturated rings. The van der Waals surface area contributed by atoms with Crippen LogP contribution in [0.2, 0.25) is 0 Å². The molecular weight excluding hydrogens is 256 g/mol. The minimum absolute atomic E-state index is 0.156. The highest BCUT2D eigenvalue weighted by molar-refractivity contribution is 7.09. The number of hydrogen-bond acceptors (Lipinski definition) is 5. The van der Waals surface area contributed by atoms with Gasteiger partial charge in [0.25, 0.3) is 0 Å². The maximum atomic E-state index is 6.11. The molecule has 108 valence electrons. The van der Waals surface area contributed by atoms with Crippen LogP contribution in [0.5, 0.6) is 0 Å². The monoisotopic (exact) mass is 282 g/mol. The Balaban J connectivity index is 2.00. The van der Waals surface area contributed by atoms with Crippen molar-refractivity contribution in [3.63, 3.8) is 0 Å². The highest BCUT2D eigenvalue weighted by atomic mass is 32.1. The van der Waals surface area contributed by atoms with E-state index in [0.29, 0.717) is 0 Å². The van der Waals surface area contributed by atoms with Crippen LogP contribution in [-0.2, 0) is 6.54 Å². The molecule has 1 saturated heterocycles. The molecule has 1 aromatic heterocycles. The highest BCUT2D eigenvalue weighted by Gasteiger charge is 2.36. The lowest BCUT2D eigenvalue weighted by atomic mass is 9.86. The lowest BCUT2D eigenvalue weighted by molar-refractivity contribution is 0.0412. The smallest absolute Gasteiger partial charge is 0.0897 e. The molecule has 0 unspecified atom stereocenters. The Kier molecular flexibility index (Phi) is 4.95. The first-order chi connectivity index (χ1) is 9.09. The Bertz CT molecular complexity index is 396. The average Bonchev–Trinajstić information content (AvgIpc) is 2.84. The maximum absolute atomic E-state index is 6.11. The fourth-order valence-electron chi connectivity index (χ4n) is 2.92. The van der Waals surface area contributed by atoms with Gasteiger partial charge in [-0.2, -0.15) is 0 Å². The van der Waals surface area contributed by atoms with Crippen molar-refractivity contribution >= 4 is 11.3 Å². The van der Waals surface area contributed by atoms with E-state index in [-0.39, 0.29) is 5.54 Å². The molecule has 4 nitrogen and oxygen atoms in total. The highest BCUT2D eigenvalue weighted by Crippen LogP contribution is 2.28. The molecule has 0 aromatic carbocycles. The SMILES string of the molecule is CCN1CCC(CN)(N(C)Cc2csc(C)n2)CC1. The summed E-state index contributed by atoms with van der Waals surface area (Å²) >= 11 is 1.73. The largest absolute Gasteiger partial charge is 0.329 e. The van der Waals surface area contributed by atoms with Gasteiger partial charge in [-0.3, -0.25) is 4.90 Å². The summed E-state index contributed by atoms with van der Waals surface area (Å²) < 4.78 is 0. The van der Waals surface area contributed by atoms with E-state index in [1.54, 1.807) is 11.3 Å². The van der Waals surface area contributed by atoms with E-state index in [2.05, 4.69) is 41.1 Å². The maximum Gasteiger partial charge on any atom is 0.0897 e. The van der Waals surface area contributed by atoms with E-state index in [4.69, 9.17) is 5.73 Å². The Morgan fingerprint density at radius 3 is 2.63 bits per heavy atom. The minimum Gasteiger partial charge on any atom is -0.329 e. The molecule has 2 rings (SSSR count). The number of likely N-dealkylation sites (N-methyl/N-ethyl adjacent to an activating group) is 1. The summed E-state index contributed by atoms with van der Waals surface area (Å²) in [4.78, 5) is 9.50. The quantitative estimate of drug-likeness (QED) is 0.893. The van der Waals surface area contributed by atoms with E-state index < -0.39 is 0 Å². The van der Waals surface area contributed by atoms with Gasteiger partial charge in [-0.15, -0.1) is 11.3 Å². The summed E-state index contributed by atoms with van der Waals surface area (Å²) in [6.07, 6.45) is 2.33. The molecule has 0 atom stereocenters. The molecule has 5 heteroatoms. The predicted molar refractivity (Wildman–Crippen MR) is 81.5 cm³/mol. The number of likely N-dealkylation sites (tertiary alicyclic amines) is 1. The van der Waals surface area contributed by atoms with Crippen molar-refractivity contribution in [3.05, 3.63) is 16.1 Å². The summed E-state index contributed by atoms with van der Waals surface area (Å²) in [6, 6.07) is 0. The summed E-state index contributed by atoms with van der Waals surface area (Å²) in [6.45, 7) is 9.42. The second-order valence-electron chi connectivity index (χ2n) is 5.58. The third kappa shape index (κ3) is 3.34. The normalized spacial score (nSPS) is 20.1. The van der Waals surface area contributed by atoms with Gasteiger partial charge >= 0.3 is 0 Å². The van der Waals surface area contributed by atoms with Gasteiger partial charge in [0, 0.05) is 24.0 Å². The van der Waals surface area contributed by atoms with Gasteiger partial charge in [-0.25, -0.2) is 4.98 Å². The summed E-state index contributed by atoms with van der Waals surface area (Å²) in [5.41, 5.74) is 7.44. The topological polar surface area (TPSA) is 45.4 Å². The number of piperidine rings is 1. The van der Waals surface area contributed by atoms with E-state index in [0.717, 1.165) is 50.6 Å². The van der Waals surface area contributed by atoms with Crippen molar-refractivity contribution in [1.82, 2.24) is 14.8 Å². The van der Waals surface area contributed by atoms with Gasteiger partial charge in [-0.1, -0.05) is 6.92 Å². The molecule has 2 N–H and O–H groups in total. The van der Waals surface area contributed by atoms with Crippen LogP contribution in [-0.4, -0.2) is 53.5 Å². The molecule has 0 aliphatic carbocycles. The first-order valence-electron chi connectivity index (χ1n) is 7.14. The van der Waals surface area contributed by atoms with Crippen LogP contribution in [0.4, 0.5) is 0 Å². The van der Waals surface area contributed by atoms with Gasteiger partial charge in [0.1, 0.15) is 0 Å². The predicted octanol–water partition coefficient (Wildman–Crippen LogP) is 1.70. The number of aryl methyl sites for hydroxylation is 1. The molecule has 0 saturated carbocycles. The van der Waals surface area contributed by atoms with Crippen LogP contribution < -0.4 is 5.73 Å². The van der Waals surface area contributed by atoms with E-state index in [1.165, 1.54) is 5.69 Å². The summed E-state index contributed by atoms with van der Waals surface area (Å²) in [5.74, 6) is 0. The van der Waals surface area contributed by atoms with Crippen LogP contribution in [0.1, 0.15) is 30.5 Å². The second-order valence-corrected chi connectivity index (χ2v) is 6.64. The molecule has 0 radical (unpaired) electrons. The Morgan fingerprint density at radius 1 is 1.47 bits per heavy atom. The van der Waals surface area contributed by atoms with Crippen LogP contribution >= 0.6 is 11.3 Å². The van der Waals surface area contributed by atoms with Crippen LogP contribution in [0.15, 0.2) is 5.38 Å². The fourth-order valence-corrected chi connectivity index (χ4v) is 3.52. The molecule has 1 aliphatic heterocycles. The molecule has 1 aromatic rings. The van der Waals surface area contributed by atoms with Crippen molar-refractivity contribution in [2.75, 3.05) is 33.2 Å². The zero-order valence-corrected chi connectivity index (χ0v) is 13.2. The second kappa shape index (κ2) is 6.31. The molecule has 0 amide bonds. The molecule has 19 heavy (non-hydrogen) atoms. The van der Waals surface area contributed by atoms with Gasteiger partial charge < -0.3 is 10.6 Å². The van der Waals surface area contributed by atoms with Gasteiger partial charge in [0.2, 0.25) is 0 Å². The first-order valence-corrected chi connectivity index (χ1v) is 8.02. The number of nitrogens with zero attached hydrogens (tertiary/aromatic N) is 3. The Hall–Kier alpha value is -0.490. The number of rotatable bonds is 5. The average molecular weight is 282 g/mol. The van der Waals surface area contributed by atoms with E-state index in [1.807, 2.05) is 0 Å². The first kappa shape index (κ1) is 14.9. The zero-order chi connectivity index (χ0) is 13.9. The third-order valence-electron chi connectivity index (χ3n) is 4.49. The molecule has 1 aliphatic rings. The minimum atomic E-state index is 0.156. The van der Waals surface area contributed by atoms with Crippen LogP contribution in [0, 0.1) is 6.92 Å². The Labute approximate surface area is 120 Å². The third-order valence-corrected chi connectivity index (χ3v) is 5.31. The van der Waals surface area contributed by atoms with Gasteiger partial charge in [0.05, 0.1) is 10.7 Å². The van der Waals surface area contributed by atoms with Gasteiger partial charge in [0.15, 0.2) is 0 Å². The number of thiazole rings is 1. The molecular formula is C14H26N4S. The number of nitrogens with two attached hydrogens (primary N) is 1. The van der Waals surface area contributed by atoms with Crippen molar-refractivity contribution in [1.29, 1.82) is 0 Å². The van der Waals surface area contributed by atoms with Crippen LogP contribution in [0.25, 0.3) is 0 Å². The van der Waals surface area contributed by atoms with Crippen molar-refractivity contribution < 1.29 is 0 Å². The zero-order valence-electron chi connectivity index (χ0n) is 12.4. The van der Waals surface area contributed by atoms with E-state index >= 15 is 0 Å². The van der Waals surface area contributed by atoms with E-state index in [9.17, 15) is 0 Å². The lowest BCUT2D eigenvalue weighted by Gasteiger charge is -2.46. The molecule has 0 spiro atoms. The van der Waals surface area contributed by atoms with Crippen molar-refractivity contribution in [3.8, 4) is 0 Å². The Morgan fingerprint density at radius 2 is 2.16 bits per heavy atom. The lowest BCUT2D eigenvalue weighted by Crippen LogP contribution is -2.57. The fraction of sp³-hybridized carbons (Fsp3) is 0.786. The van der Waals surface area contributed by atoms with Crippen LogP contribution in [0.3, 0.4) is 0 Å². The number of hydrogen-bond donors (Lipinski definition) is 1. The van der Waals surface area contributed by atoms with Gasteiger partial charge in [-0.05, 0) is 46.4 Å². The summed E-state index contributed by atoms with van der Waals surface area (Å²) in [5, 5.41) is 3.31. The summed E-state index contributed by atoms with van der Waals surface area (Å²) in [7, 11) is 2.20. The number of aromatic nitrogens is 1. The standard InChI is InChI=1S/C14H26N4S/c1-4-18-7-5-14(11-15,6-8-18)17(3)9-13-10-19-12(2)16-13/h10H,4-9,11,15H2,1-3H3. The van der Waals surface area contributed by atoms with Crippen molar-refractivity contribution in [2.45, 2.75) is 38.8 Å². The van der Waals surface area contributed by atoms with Crippen molar-refractivity contribution in [2.24, 2.45) is 5.73 Å².